The fourth-order valence-corrected chi connectivity index (χ4v) is 3.75. The molecule has 0 aromatic heterocycles. The van der Waals surface area contributed by atoms with Crippen LogP contribution in [0.4, 0.5) is 11.4 Å². The van der Waals surface area contributed by atoms with Gasteiger partial charge in [0.15, 0.2) is 24.8 Å². The van der Waals surface area contributed by atoms with E-state index in [0.29, 0.717) is 22.5 Å². The second-order valence-corrected chi connectivity index (χ2v) is 7.37. The van der Waals surface area contributed by atoms with Gasteiger partial charge in [-0.05, 0) is 24.3 Å². The molecule has 0 spiro atoms. The third kappa shape index (κ3) is 4.26. The molecule has 0 unspecified atom stereocenters. The lowest BCUT2D eigenvalue weighted by atomic mass is 9.98. The summed E-state index contributed by atoms with van der Waals surface area (Å²) in [4.78, 5) is 25.2. The predicted molar refractivity (Wildman–Crippen MR) is 111 cm³/mol. The Bertz CT molecular complexity index is 920. The summed E-state index contributed by atoms with van der Waals surface area (Å²) in [6.07, 6.45) is -6.50. The molecule has 2 heterocycles. The van der Waals surface area contributed by atoms with Gasteiger partial charge in [-0.1, -0.05) is 24.3 Å². The summed E-state index contributed by atoms with van der Waals surface area (Å²) in [5.74, 6) is -1.37. The maximum Gasteiger partial charge on any atom is 0.337 e. The number of nitrogens with two attached hydrogens (primary N) is 2. The fourth-order valence-electron chi connectivity index (χ4n) is 3.75. The maximum absolute atomic E-state index is 12.6. The van der Waals surface area contributed by atoms with Crippen LogP contribution in [0.2, 0.25) is 0 Å². The standard InChI is InChI=1S/C22H24N2O8/c1-27-19(25)17-15-16(30-21(31-17)11-5-3-7-13(23)9-11)18(20(26)28-2)32-22(29-15)12-6-4-8-14(24)10-12/h3-10,15-18,21-22H,23-24H2,1-2H3/t15-,16-,17-,18+,21+,22+/m0/s1. The summed E-state index contributed by atoms with van der Waals surface area (Å²) >= 11 is 0. The minimum Gasteiger partial charge on any atom is -0.467 e. The maximum atomic E-state index is 12.6. The van der Waals surface area contributed by atoms with E-state index in [1.807, 2.05) is 0 Å². The van der Waals surface area contributed by atoms with Crippen molar-refractivity contribution in [1.29, 1.82) is 0 Å². The second kappa shape index (κ2) is 9.13. The molecule has 2 saturated heterocycles. The normalized spacial score (nSPS) is 29.6. The molecule has 4 rings (SSSR count). The summed E-state index contributed by atoms with van der Waals surface area (Å²) in [6.45, 7) is 0. The van der Waals surface area contributed by atoms with Crippen molar-refractivity contribution in [2.75, 3.05) is 25.7 Å². The van der Waals surface area contributed by atoms with E-state index in [0.717, 1.165) is 0 Å². The highest BCUT2D eigenvalue weighted by atomic mass is 16.8. The van der Waals surface area contributed by atoms with Crippen LogP contribution < -0.4 is 11.5 Å². The van der Waals surface area contributed by atoms with Crippen molar-refractivity contribution in [2.24, 2.45) is 0 Å². The number of benzene rings is 2. The van der Waals surface area contributed by atoms with E-state index in [1.54, 1.807) is 48.5 Å². The molecule has 0 saturated carbocycles. The Labute approximate surface area is 184 Å². The fraction of sp³-hybridized carbons (Fsp3) is 0.364. The molecule has 4 N–H and O–H groups in total. The van der Waals surface area contributed by atoms with Gasteiger partial charge in [0.2, 0.25) is 0 Å². The molecule has 10 heteroatoms. The molecule has 2 aromatic rings. The van der Waals surface area contributed by atoms with E-state index in [1.165, 1.54) is 14.2 Å². The summed E-state index contributed by atoms with van der Waals surface area (Å²) in [5.41, 5.74) is 13.8. The molecule has 0 amide bonds. The van der Waals surface area contributed by atoms with Gasteiger partial charge in [-0.15, -0.1) is 0 Å². The van der Waals surface area contributed by atoms with E-state index >= 15 is 0 Å². The van der Waals surface area contributed by atoms with Gasteiger partial charge in [-0.2, -0.15) is 0 Å². The van der Waals surface area contributed by atoms with Crippen LogP contribution in [0.15, 0.2) is 48.5 Å². The molecular weight excluding hydrogens is 420 g/mol. The quantitative estimate of drug-likeness (QED) is 0.526. The number of esters is 2. The van der Waals surface area contributed by atoms with Crippen molar-refractivity contribution in [3.8, 4) is 0 Å². The van der Waals surface area contributed by atoms with Crippen molar-refractivity contribution in [3.05, 3.63) is 59.7 Å². The van der Waals surface area contributed by atoms with Crippen LogP contribution >= 0.6 is 0 Å². The summed E-state index contributed by atoms with van der Waals surface area (Å²) < 4.78 is 33.8. The third-order valence-corrected chi connectivity index (χ3v) is 5.26. The topological polar surface area (TPSA) is 142 Å². The van der Waals surface area contributed by atoms with Crippen LogP contribution in [0.5, 0.6) is 0 Å². The number of anilines is 2. The molecule has 2 aromatic carbocycles. The molecule has 2 fully saturated rings. The van der Waals surface area contributed by atoms with E-state index in [2.05, 4.69) is 0 Å². The largest absolute Gasteiger partial charge is 0.467 e. The molecule has 6 atom stereocenters. The zero-order chi connectivity index (χ0) is 22.8. The smallest absolute Gasteiger partial charge is 0.337 e. The molecule has 170 valence electrons. The van der Waals surface area contributed by atoms with Crippen molar-refractivity contribution < 1.29 is 38.0 Å². The lowest BCUT2D eigenvalue weighted by Crippen LogP contribution is -2.62. The third-order valence-electron chi connectivity index (χ3n) is 5.26. The highest BCUT2D eigenvalue weighted by Gasteiger charge is 2.55. The highest BCUT2D eigenvalue weighted by molar-refractivity contribution is 5.78. The lowest BCUT2D eigenvalue weighted by molar-refractivity contribution is -0.374. The summed E-state index contributed by atoms with van der Waals surface area (Å²) in [7, 11) is 2.47. The highest BCUT2D eigenvalue weighted by Crippen LogP contribution is 2.41. The predicted octanol–water partition coefficient (Wildman–Crippen LogP) is 1.46. The summed E-state index contributed by atoms with van der Waals surface area (Å²) in [6, 6.07) is 13.6. The second-order valence-electron chi connectivity index (χ2n) is 7.37. The Kier molecular flexibility index (Phi) is 6.28. The average molecular weight is 444 g/mol. The number of methoxy groups -OCH3 is 2. The number of hydrogen-bond donors (Lipinski definition) is 2. The first kappa shape index (κ1) is 22.0. The molecule has 0 aliphatic carbocycles. The van der Waals surface area contributed by atoms with Crippen LogP contribution in [0.3, 0.4) is 0 Å². The van der Waals surface area contributed by atoms with E-state index < -0.39 is 48.9 Å². The molecular formula is C22H24N2O8. The Morgan fingerprint density at radius 1 is 0.719 bits per heavy atom. The Morgan fingerprint density at radius 3 is 1.47 bits per heavy atom. The van der Waals surface area contributed by atoms with Gasteiger partial charge in [0.05, 0.1) is 14.2 Å². The van der Waals surface area contributed by atoms with Crippen LogP contribution in [0.1, 0.15) is 23.7 Å². The first-order valence-corrected chi connectivity index (χ1v) is 9.89. The van der Waals surface area contributed by atoms with Gasteiger partial charge in [-0.25, -0.2) is 9.59 Å². The number of rotatable bonds is 4. The van der Waals surface area contributed by atoms with E-state index in [-0.39, 0.29) is 0 Å². The minimum atomic E-state index is -1.20. The van der Waals surface area contributed by atoms with Gasteiger partial charge in [-0.3, -0.25) is 0 Å². The van der Waals surface area contributed by atoms with E-state index in [4.69, 9.17) is 39.9 Å². The van der Waals surface area contributed by atoms with Crippen molar-refractivity contribution in [1.82, 2.24) is 0 Å². The number of ether oxygens (including phenoxy) is 6. The van der Waals surface area contributed by atoms with E-state index in [9.17, 15) is 9.59 Å². The number of hydrogen-bond acceptors (Lipinski definition) is 10. The zero-order valence-electron chi connectivity index (χ0n) is 17.5. The first-order chi connectivity index (χ1) is 15.4. The molecule has 32 heavy (non-hydrogen) atoms. The van der Waals surface area contributed by atoms with Gasteiger partial charge >= 0.3 is 11.9 Å². The molecule has 10 nitrogen and oxygen atoms in total. The number of carbonyl (C=O) groups is 2. The number of nitrogen functional groups attached to an aromatic ring is 2. The first-order valence-electron chi connectivity index (χ1n) is 9.89. The van der Waals surface area contributed by atoms with Crippen LogP contribution in [0, 0.1) is 0 Å². The SMILES string of the molecule is COC(=O)[C@H]1O[C@H](c2cccc(N)c2)O[C@H]2[C@@H]1O[C@@H](c1cccc(N)c1)O[C@H]2C(=O)OC. The Morgan fingerprint density at radius 2 is 1.12 bits per heavy atom. The lowest BCUT2D eigenvalue weighted by Gasteiger charge is -2.47. The average Bonchev–Trinajstić information content (AvgIpc) is 2.81. The number of fused-ring (bicyclic) bond motifs is 1. The monoisotopic (exact) mass is 444 g/mol. The van der Waals surface area contributed by atoms with Crippen molar-refractivity contribution in [2.45, 2.75) is 37.0 Å². The van der Waals surface area contributed by atoms with Crippen molar-refractivity contribution >= 4 is 23.3 Å². The van der Waals surface area contributed by atoms with Crippen LogP contribution in [-0.4, -0.2) is 50.6 Å². The van der Waals surface area contributed by atoms with Crippen LogP contribution in [0.25, 0.3) is 0 Å². The molecule has 2 aliphatic heterocycles. The summed E-state index contributed by atoms with van der Waals surface area (Å²) in [5, 5.41) is 0. The zero-order valence-corrected chi connectivity index (χ0v) is 17.5. The van der Waals surface area contributed by atoms with Crippen LogP contribution in [-0.2, 0) is 38.0 Å². The van der Waals surface area contributed by atoms with Gasteiger partial charge in [0, 0.05) is 22.5 Å². The minimum absolute atomic E-state index is 0.480. The molecule has 2 aliphatic rings. The van der Waals surface area contributed by atoms with Gasteiger partial charge in [0.1, 0.15) is 12.2 Å². The van der Waals surface area contributed by atoms with Crippen molar-refractivity contribution in [3.63, 3.8) is 0 Å². The van der Waals surface area contributed by atoms with Gasteiger partial charge in [0.25, 0.3) is 0 Å². The molecule has 0 radical (unpaired) electrons. The van der Waals surface area contributed by atoms with Gasteiger partial charge < -0.3 is 39.9 Å². The number of carbonyl (C=O) groups excluding carboxylic acids is 2. The Hall–Kier alpha value is -3.18. The Balaban J connectivity index is 1.71. The molecule has 0 bridgehead atoms.